The van der Waals surface area contributed by atoms with Crippen molar-refractivity contribution in [2.75, 3.05) is 71.6 Å². The zero-order valence-corrected chi connectivity index (χ0v) is 60.3. The van der Waals surface area contributed by atoms with Gasteiger partial charge in [0.15, 0.2) is 11.2 Å². The van der Waals surface area contributed by atoms with E-state index in [0.29, 0.717) is 19.3 Å². The average Bonchev–Trinajstić information content (AvgIpc) is 1.27. The number of nitrogens with two attached hydrogens (primary N) is 1. The second kappa shape index (κ2) is 35.1. The minimum atomic E-state index is -5.86. The number of ether oxygens (including phenoxy) is 8. The second-order valence-electron chi connectivity index (χ2n) is 22.5. The van der Waals surface area contributed by atoms with Crippen LogP contribution >= 0.6 is 58.3 Å². The molecule has 3 amide bonds. The number of aromatic hydroxyl groups is 2. The normalized spacial score (nSPS) is 17.8. The van der Waals surface area contributed by atoms with Crippen molar-refractivity contribution in [3.63, 3.8) is 0 Å². The molecule has 13 N–H and O–H groups in total. The van der Waals surface area contributed by atoms with E-state index >= 15 is 0 Å². The highest BCUT2D eigenvalue weighted by molar-refractivity contribution is 7.86. The molecule has 564 valence electrons. The number of nitrogens with one attached hydrogen (secondary N) is 4. The Morgan fingerprint density at radius 1 is 0.849 bits per heavy atom. The lowest BCUT2D eigenvalue weighted by Crippen LogP contribution is -2.34. The molecule has 6 aromatic rings. The van der Waals surface area contributed by atoms with Crippen molar-refractivity contribution in [1.29, 1.82) is 10.5 Å². The zero-order valence-electron chi connectivity index (χ0n) is 54.5. The van der Waals surface area contributed by atoms with Crippen LogP contribution < -0.4 is 32.0 Å². The maximum absolute atomic E-state index is 14.0. The maximum Gasteiger partial charge on any atom is 0.490 e. The van der Waals surface area contributed by atoms with Gasteiger partial charge < -0.3 is 93.9 Å². The van der Waals surface area contributed by atoms with Gasteiger partial charge in [0.25, 0.3) is 21.6 Å². The SMILES string of the molecule is N#C/C=C/O[C@@H]1C[C@H](n2cc(C#CCNC(=O)OCCO/C=C(\C#N)CCOCCOCCNC(=O)CCCCCNC(=O)c3cc(Cl)c4c(c3Cl)C3(OC4=O)c4cc(Cl)c(O)cc4Oc4cc(O)c(-c5ccccc5S(=O)(=O)O)cc43)c3c(=O)[nH]c(N)nc32)O[C@@H]1COP(=O)(O)OP(=O)(O)OP(=O)(O)O. The van der Waals surface area contributed by atoms with Crippen molar-refractivity contribution < 1.29 is 127 Å². The van der Waals surface area contributed by atoms with Crippen LogP contribution in [0, 0.1) is 34.5 Å². The van der Waals surface area contributed by atoms with Gasteiger partial charge in [0.1, 0.15) is 59.5 Å². The molecule has 1 fully saturated rings. The lowest BCUT2D eigenvalue weighted by Gasteiger charge is -2.37. The number of unbranched alkanes of at least 4 members (excludes halogenated alkanes) is 2. The predicted molar refractivity (Wildman–Crippen MR) is 367 cm³/mol. The van der Waals surface area contributed by atoms with Crippen LogP contribution in [0.25, 0.3) is 22.2 Å². The van der Waals surface area contributed by atoms with Gasteiger partial charge in [0.2, 0.25) is 11.9 Å². The van der Waals surface area contributed by atoms with E-state index in [0.717, 1.165) is 30.5 Å². The van der Waals surface area contributed by atoms with E-state index in [4.69, 9.17) is 98.0 Å². The van der Waals surface area contributed by atoms with Gasteiger partial charge in [-0.05, 0) is 37.1 Å². The molecule has 1 spiro atoms. The number of halogens is 3. The fourth-order valence-corrected chi connectivity index (χ4v) is 15.5. The van der Waals surface area contributed by atoms with Crippen LogP contribution in [0.1, 0.15) is 87.7 Å². The fraction of sp³-hybridized carbons (Fsp3) is 0.323. The predicted octanol–water partition coefficient (Wildman–Crippen LogP) is 7.24. The summed E-state index contributed by atoms with van der Waals surface area (Å²) in [7, 11) is -22.0. The summed E-state index contributed by atoms with van der Waals surface area (Å²) in [6.45, 7) is -0.684. The van der Waals surface area contributed by atoms with E-state index in [1.54, 1.807) is 6.07 Å². The number of phenolic OH excluding ortho intramolecular Hbond substituents is 2. The van der Waals surface area contributed by atoms with Crippen LogP contribution in [0.3, 0.4) is 0 Å². The number of anilines is 1. The number of alkyl carbamates (subject to hydrolysis) is 1. The topological polar surface area (TPSA) is 557 Å². The van der Waals surface area contributed by atoms with Crippen LogP contribution in [-0.2, 0) is 80.5 Å². The third-order valence-corrected chi connectivity index (χ3v) is 21.1. The Morgan fingerprint density at radius 3 is 2.30 bits per heavy atom. The Hall–Kier alpha value is -9.13. The molecule has 44 heteroatoms. The molecular formula is C62H61Cl3N9O28P3S. The third kappa shape index (κ3) is 20.1. The Labute approximate surface area is 614 Å². The molecule has 0 radical (unpaired) electrons. The summed E-state index contributed by atoms with van der Waals surface area (Å²) in [4.78, 5) is 109. The van der Waals surface area contributed by atoms with Gasteiger partial charge in [-0.15, -0.1) is 0 Å². The number of phosphoric ester groups is 1. The minimum Gasteiger partial charge on any atom is -0.507 e. The van der Waals surface area contributed by atoms with E-state index in [1.807, 2.05) is 6.07 Å². The molecule has 0 aliphatic carbocycles. The molecule has 1 saturated heterocycles. The maximum atomic E-state index is 14.0. The summed E-state index contributed by atoms with van der Waals surface area (Å²) >= 11 is 20.3. The van der Waals surface area contributed by atoms with Crippen molar-refractivity contribution in [2.45, 2.75) is 67.5 Å². The summed E-state index contributed by atoms with van der Waals surface area (Å²) in [5.74, 6) is 1.91. The smallest absolute Gasteiger partial charge is 0.490 e. The number of nitrogen functional groups attached to an aromatic ring is 1. The quantitative estimate of drug-likeness (QED) is 0.00367. The van der Waals surface area contributed by atoms with Gasteiger partial charge in [0, 0.05) is 78.5 Å². The number of esters is 1. The number of carbonyl (C=O) groups is 4. The van der Waals surface area contributed by atoms with Crippen molar-refractivity contribution in [1.82, 2.24) is 30.5 Å². The van der Waals surface area contributed by atoms with E-state index in [2.05, 4.69) is 46.4 Å². The number of carbonyl (C=O) groups excluding carboxylic acids is 4. The number of fused-ring (bicyclic) bond motifs is 7. The molecule has 5 heterocycles. The number of aromatic amines is 1. The van der Waals surface area contributed by atoms with Gasteiger partial charge >= 0.3 is 35.5 Å². The first-order valence-electron chi connectivity index (χ1n) is 31.0. The first-order chi connectivity index (χ1) is 50.2. The molecule has 0 saturated carbocycles. The molecule has 6 atom stereocenters. The monoisotopic (exact) mass is 1610 g/mol. The lowest BCUT2D eigenvalue weighted by molar-refractivity contribution is -0.121. The van der Waals surface area contributed by atoms with Crippen molar-refractivity contribution in [3.8, 4) is 58.1 Å². The van der Waals surface area contributed by atoms with Crippen molar-refractivity contribution in [2.24, 2.45) is 0 Å². The number of H-pyrrole nitrogens is 1. The molecule has 0 bridgehead atoms. The van der Waals surface area contributed by atoms with Crippen LogP contribution in [0.5, 0.6) is 23.0 Å². The Kier molecular flexibility index (Phi) is 26.8. The van der Waals surface area contributed by atoms with Gasteiger partial charge in [-0.2, -0.15) is 32.5 Å². The Morgan fingerprint density at radius 2 is 1.58 bits per heavy atom. The summed E-state index contributed by atoms with van der Waals surface area (Å²) < 4.78 is 129. The van der Waals surface area contributed by atoms with Crippen LogP contribution in [0.2, 0.25) is 15.1 Å². The largest absolute Gasteiger partial charge is 0.507 e. The fourth-order valence-electron chi connectivity index (χ4n) is 11.0. The van der Waals surface area contributed by atoms with E-state index in [1.165, 1.54) is 53.4 Å². The number of hydrogen-bond donors (Lipinski definition) is 12. The lowest BCUT2D eigenvalue weighted by atomic mass is 9.76. The molecule has 3 unspecified atom stereocenters. The highest BCUT2D eigenvalue weighted by Crippen LogP contribution is 2.67. The molecule has 37 nitrogen and oxygen atoms in total. The number of hydrogen-bond acceptors (Lipinski definition) is 27. The molecular weight excluding hydrogens is 1550 g/mol. The van der Waals surface area contributed by atoms with E-state index in [-0.39, 0.29) is 178 Å². The summed E-state index contributed by atoms with van der Waals surface area (Å²) in [5.41, 5.74) is 2.23. The van der Waals surface area contributed by atoms with Gasteiger partial charge in [-0.3, -0.25) is 28.4 Å². The number of nitriles is 2. The molecule has 3 aliphatic heterocycles. The van der Waals surface area contributed by atoms with Crippen LogP contribution in [0.15, 0.2) is 94.7 Å². The van der Waals surface area contributed by atoms with Gasteiger partial charge in [-0.1, -0.05) is 71.3 Å². The van der Waals surface area contributed by atoms with E-state index < -0.39 is 104 Å². The Balaban J connectivity index is 0.654. The van der Waals surface area contributed by atoms with Crippen molar-refractivity contribution in [3.05, 3.63) is 144 Å². The molecule has 9 rings (SSSR count). The molecule has 2 aromatic heterocycles. The number of aromatic nitrogens is 3. The standard InChI is InChI=1S/C62H61Cl3N9O28P3S/c63-41-26-40-46(28-44(41)76)98-45-27-43(75)37(36-9-3-4-10-49(36)106(89,90)91)24-39(45)62(40)54-53(59(80)100-62)42(64)25-38(55(54)65)57(78)70-14-5-1-2-11-50(77)69-16-19-93-21-20-92-18-12-34(30-67)32-94-22-23-96-61(81)71-15-6-8-35-31-74(56-52(35)58(79)73-60(68)72-56)51-29-47(95-17-7-13-66)48(99-51)33-97-104(85,86)102-105(87,88)101-103(82,83)84/h3-4,7,9-10,17,24-28,31-32,47-48,51,75-76H,1-2,5,11-12,14-16,18-23,29,33H2,(H,69,77)(H,70,78)(H,71,81)(H,85,86)(H,87,88)(H2,82,83,84)(H,89,90,91)(H3,68,72,73,79)/b17-7+,34-32-/t47-,48-,51-,62?/m1/s1. The number of phosphoric acid groups is 3. The second-order valence-corrected chi connectivity index (χ2v) is 29.5. The van der Waals surface area contributed by atoms with E-state index in [9.17, 15) is 75.9 Å². The highest BCUT2D eigenvalue weighted by atomic mass is 35.5. The van der Waals surface area contributed by atoms with Gasteiger partial charge in [-0.25, -0.2) is 23.3 Å². The minimum absolute atomic E-state index is 0.00285. The molecule has 106 heavy (non-hydrogen) atoms. The summed E-state index contributed by atoms with van der Waals surface area (Å²) in [6, 6.07) is 14.9. The Bertz CT molecular complexity index is 4980. The third-order valence-electron chi connectivity index (χ3n) is 15.4. The number of phenols is 2. The molecule has 3 aliphatic rings. The van der Waals surface area contributed by atoms with Crippen LogP contribution in [0.4, 0.5) is 10.7 Å². The number of allylic oxidation sites excluding steroid dienone is 1. The summed E-state index contributed by atoms with van der Waals surface area (Å²) in [5, 5.41) is 47.6. The number of rotatable bonds is 33. The number of nitrogens with zero attached hydrogens (tertiary/aromatic N) is 4. The number of amides is 3. The zero-order chi connectivity index (χ0) is 76.9. The summed E-state index contributed by atoms with van der Waals surface area (Å²) in [6.07, 6.45) is 1.52. The van der Waals surface area contributed by atoms with Crippen LogP contribution in [-0.4, -0.2) is 159 Å². The van der Waals surface area contributed by atoms with Gasteiger partial charge in [0.05, 0.1) is 113 Å². The van der Waals surface area contributed by atoms with Crippen molar-refractivity contribution >= 4 is 109 Å². The number of benzene rings is 4. The first-order valence-corrected chi connectivity index (χ1v) is 38.1. The first kappa shape index (κ1) is 81.0. The highest BCUT2D eigenvalue weighted by Gasteiger charge is 2.57. The molecule has 4 aromatic carbocycles. The average molecular weight is 1610 g/mol.